The Morgan fingerprint density at radius 2 is 1.67 bits per heavy atom. The Kier molecular flexibility index (Phi) is 4.85. The molecule has 0 amide bonds. The van der Waals surface area contributed by atoms with Gasteiger partial charge >= 0.3 is 0 Å². The minimum absolute atomic E-state index is 0.0331. The van der Waals surface area contributed by atoms with E-state index in [1.54, 1.807) is 0 Å². The minimum atomic E-state index is 0.0331. The maximum absolute atomic E-state index is 4.61. The van der Waals surface area contributed by atoms with Crippen molar-refractivity contribution >= 4 is 17.8 Å². The fourth-order valence-electron chi connectivity index (χ4n) is 2.50. The van der Waals surface area contributed by atoms with Crippen LogP contribution < -0.4 is 15.5 Å². The van der Waals surface area contributed by atoms with Crippen molar-refractivity contribution in [2.24, 2.45) is 5.92 Å². The van der Waals surface area contributed by atoms with Gasteiger partial charge in [-0.25, -0.2) is 0 Å². The molecule has 0 unspecified atom stereocenters. The summed E-state index contributed by atoms with van der Waals surface area (Å²) in [6.07, 6.45) is 2.57. The van der Waals surface area contributed by atoms with Gasteiger partial charge in [-0.05, 0) is 53.4 Å². The summed E-state index contributed by atoms with van der Waals surface area (Å²) in [5.41, 5.74) is 0.0331. The van der Waals surface area contributed by atoms with Gasteiger partial charge in [-0.1, -0.05) is 0 Å². The van der Waals surface area contributed by atoms with Crippen LogP contribution >= 0.6 is 0 Å². The predicted molar refractivity (Wildman–Crippen MR) is 88.0 cm³/mol. The normalized spacial score (nSPS) is 14.9. The number of rotatable bonds is 8. The average molecular weight is 292 g/mol. The molecule has 0 saturated heterocycles. The molecule has 2 N–H and O–H groups in total. The second-order valence-electron chi connectivity index (χ2n) is 6.11. The zero-order valence-electron chi connectivity index (χ0n) is 13.9. The SMILES string of the molecule is CCNc1nc(NC(C)(C)C2CC2)nc(N(CC)CC)n1. The van der Waals surface area contributed by atoms with Crippen LogP contribution in [0.5, 0.6) is 0 Å². The summed E-state index contributed by atoms with van der Waals surface area (Å²) in [6.45, 7) is 13.3. The summed E-state index contributed by atoms with van der Waals surface area (Å²) in [5, 5.41) is 6.69. The first-order valence-electron chi connectivity index (χ1n) is 8.03. The molecule has 6 nitrogen and oxygen atoms in total. The molecular weight excluding hydrogens is 264 g/mol. The van der Waals surface area contributed by atoms with E-state index >= 15 is 0 Å². The average Bonchev–Trinajstić information content (AvgIpc) is 3.24. The van der Waals surface area contributed by atoms with Crippen molar-refractivity contribution in [2.45, 2.75) is 53.0 Å². The molecular formula is C15H28N6. The van der Waals surface area contributed by atoms with Crippen LogP contribution in [0.1, 0.15) is 47.5 Å². The van der Waals surface area contributed by atoms with Crippen LogP contribution in [0.3, 0.4) is 0 Å². The van der Waals surface area contributed by atoms with E-state index < -0.39 is 0 Å². The lowest BCUT2D eigenvalue weighted by molar-refractivity contribution is 0.490. The number of hydrogen-bond acceptors (Lipinski definition) is 6. The van der Waals surface area contributed by atoms with Gasteiger partial charge in [0.25, 0.3) is 0 Å². The Hall–Kier alpha value is -1.59. The summed E-state index contributed by atoms with van der Waals surface area (Å²) in [7, 11) is 0. The zero-order chi connectivity index (χ0) is 15.5. The van der Waals surface area contributed by atoms with Gasteiger partial charge in [0.2, 0.25) is 17.8 Å². The third kappa shape index (κ3) is 3.95. The Labute approximate surface area is 127 Å². The molecule has 1 aliphatic carbocycles. The Balaban J connectivity index is 2.26. The van der Waals surface area contributed by atoms with Gasteiger partial charge in [0, 0.05) is 25.2 Å². The fraction of sp³-hybridized carbons (Fsp3) is 0.800. The molecule has 1 fully saturated rings. The molecule has 118 valence electrons. The van der Waals surface area contributed by atoms with Gasteiger partial charge in [-0.2, -0.15) is 15.0 Å². The van der Waals surface area contributed by atoms with Crippen LogP contribution in [-0.4, -0.2) is 40.1 Å². The monoisotopic (exact) mass is 292 g/mol. The standard InChI is InChI=1S/C15H28N6/c1-6-16-12-17-13(20-15(4,5)11-9-10-11)19-14(18-12)21(7-2)8-3/h11H,6-10H2,1-5H3,(H2,16,17,18,19,20). The van der Waals surface area contributed by atoms with E-state index in [9.17, 15) is 0 Å². The maximum atomic E-state index is 4.61. The van der Waals surface area contributed by atoms with E-state index in [1.165, 1.54) is 12.8 Å². The Bertz CT molecular complexity index is 465. The smallest absolute Gasteiger partial charge is 0.231 e. The third-order valence-corrected chi connectivity index (χ3v) is 4.04. The molecule has 1 aromatic rings. The van der Waals surface area contributed by atoms with Crippen molar-refractivity contribution in [1.29, 1.82) is 0 Å². The van der Waals surface area contributed by atoms with E-state index in [1.807, 2.05) is 6.92 Å². The van der Waals surface area contributed by atoms with E-state index in [0.29, 0.717) is 17.8 Å². The largest absolute Gasteiger partial charge is 0.354 e. The highest BCUT2D eigenvalue weighted by Crippen LogP contribution is 2.40. The molecule has 0 aromatic carbocycles. The Morgan fingerprint density at radius 3 is 2.19 bits per heavy atom. The van der Waals surface area contributed by atoms with E-state index in [4.69, 9.17) is 0 Å². The van der Waals surface area contributed by atoms with Gasteiger partial charge in [0.15, 0.2) is 0 Å². The van der Waals surface area contributed by atoms with E-state index in [2.05, 4.69) is 58.2 Å². The summed E-state index contributed by atoms with van der Waals surface area (Å²) < 4.78 is 0. The lowest BCUT2D eigenvalue weighted by Crippen LogP contribution is -2.35. The van der Waals surface area contributed by atoms with E-state index in [0.717, 1.165) is 25.6 Å². The molecule has 0 bridgehead atoms. The topological polar surface area (TPSA) is 66.0 Å². The van der Waals surface area contributed by atoms with Gasteiger partial charge in [0.1, 0.15) is 0 Å². The summed E-state index contributed by atoms with van der Waals surface area (Å²) in [6, 6.07) is 0. The van der Waals surface area contributed by atoms with Crippen molar-refractivity contribution in [3.8, 4) is 0 Å². The second kappa shape index (κ2) is 6.45. The molecule has 0 atom stereocenters. The molecule has 21 heavy (non-hydrogen) atoms. The molecule has 6 heteroatoms. The maximum Gasteiger partial charge on any atom is 0.231 e. The van der Waals surface area contributed by atoms with Crippen LogP contribution in [0, 0.1) is 5.92 Å². The first kappa shape index (κ1) is 15.8. The molecule has 2 rings (SSSR count). The predicted octanol–water partition coefficient (Wildman–Crippen LogP) is 2.75. The molecule has 0 spiro atoms. The third-order valence-electron chi connectivity index (χ3n) is 4.04. The second-order valence-corrected chi connectivity index (χ2v) is 6.11. The molecule has 1 saturated carbocycles. The van der Waals surface area contributed by atoms with Gasteiger partial charge in [-0.3, -0.25) is 0 Å². The molecule has 0 radical (unpaired) electrons. The van der Waals surface area contributed by atoms with Crippen LogP contribution in [0.25, 0.3) is 0 Å². The fourth-order valence-corrected chi connectivity index (χ4v) is 2.50. The van der Waals surface area contributed by atoms with Crippen molar-refractivity contribution in [3.63, 3.8) is 0 Å². The summed E-state index contributed by atoms with van der Waals surface area (Å²) in [4.78, 5) is 15.7. The summed E-state index contributed by atoms with van der Waals surface area (Å²) in [5.74, 6) is 2.76. The van der Waals surface area contributed by atoms with Crippen molar-refractivity contribution in [2.75, 3.05) is 35.2 Å². The van der Waals surface area contributed by atoms with E-state index in [-0.39, 0.29) is 5.54 Å². The quantitative estimate of drug-likeness (QED) is 0.768. The first-order chi connectivity index (χ1) is 10.00. The number of nitrogens with zero attached hydrogens (tertiary/aromatic N) is 4. The summed E-state index contributed by atoms with van der Waals surface area (Å²) >= 11 is 0. The number of nitrogens with one attached hydrogen (secondary N) is 2. The highest BCUT2D eigenvalue weighted by molar-refractivity contribution is 5.45. The number of anilines is 3. The van der Waals surface area contributed by atoms with Gasteiger partial charge in [-0.15, -0.1) is 0 Å². The lowest BCUT2D eigenvalue weighted by atomic mass is 9.99. The van der Waals surface area contributed by atoms with Crippen LogP contribution in [0.4, 0.5) is 17.8 Å². The van der Waals surface area contributed by atoms with Crippen molar-refractivity contribution in [3.05, 3.63) is 0 Å². The number of hydrogen-bond donors (Lipinski definition) is 2. The van der Waals surface area contributed by atoms with Crippen molar-refractivity contribution in [1.82, 2.24) is 15.0 Å². The molecule has 1 aliphatic rings. The molecule has 0 aliphatic heterocycles. The number of aromatic nitrogens is 3. The minimum Gasteiger partial charge on any atom is -0.354 e. The van der Waals surface area contributed by atoms with Crippen molar-refractivity contribution < 1.29 is 0 Å². The van der Waals surface area contributed by atoms with Crippen LogP contribution in [0.2, 0.25) is 0 Å². The first-order valence-corrected chi connectivity index (χ1v) is 8.03. The highest BCUT2D eigenvalue weighted by atomic mass is 15.3. The van der Waals surface area contributed by atoms with Gasteiger partial charge < -0.3 is 15.5 Å². The van der Waals surface area contributed by atoms with Crippen LogP contribution in [0.15, 0.2) is 0 Å². The Morgan fingerprint density at radius 1 is 1.05 bits per heavy atom. The zero-order valence-corrected chi connectivity index (χ0v) is 13.9. The molecule has 1 aromatic heterocycles. The van der Waals surface area contributed by atoms with Gasteiger partial charge in [0.05, 0.1) is 0 Å². The lowest BCUT2D eigenvalue weighted by Gasteiger charge is -2.27. The molecule has 1 heterocycles. The van der Waals surface area contributed by atoms with Crippen LogP contribution in [-0.2, 0) is 0 Å². The highest BCUT2D eigenvalue weighted by Gasteiger charge is 2.38.